The summed E-state index contributed by atoms with van der Waals surface area (Å²) < 4.78 is 2.18. The monoisotopic (exact) mass is 397 g/mol. The van der Waals surface area contributed by atoms with Gasteiger partial charge in [-0.3, -0.25) is 14.3 Å². The van der Waals surface area contributed by atoms with Crippen LogP contribution in [0.3, 0.4) is 0 Å². The Kier molecular flexibility index (Phi) is 6.10. The summed E-state index contributed by atoms with van der Waals surface area (Å²) in [6.07, 6.45) is 14.1. The van der Waals surface area contributed by atoms with Gasteiger partial charge in [-0.2, -0.15) is 0 Å². The molecule has 2 aliphatic carbocycles. The van der Waals surface area contributed by atoms with Crippen LogP contribution < -0.4 is 5.32 Å². The molecule has 0 spiro atoms. The molecule has 2 aromatic rings. The molecule has 6 nitrogen and oxygen atoms in total. The highest BCUT2D eigenvalue weighted by Crippen LogP contribution is 2.41. The molecule has 1 saturated carbocycles. The van der Waals surface area contributed by atoms with Crippen LogP contribution in [0.25, 0.3) is 11.4 Å². The first kappa shape index (κ1) is 19.2. The summed E-state index contributed by atoms with van der Waals surface area (Å²) >= 11 is 1.49. The molecule has 0 saturated heterocycles. The predicted molar refractivity (Wildman–Crippen MR) is 111 cm³/mol. The molecule has 1 N–H and O–H groups in total. The lowest BCUT2D eigenvalue weighted by Gasteiger charge is -2.15. The van der Waals surface area contributed by atoms with E-state index in [0.29, 0.717) is 12.6 Å². The van der Waals surface area contributed by atoms with Crippen LogP contribution in [0.1, 0.15) is 57.9 Å². The standard InChI is InChI=1S/C21H27N5OS/c1-15(20(27)23-13-11-16-6-3-2-4-7-16)28-21-25-24-19(26(21)18-9-10-18)17-8-5-12-22-14-17/h5-6,8,12,14-15,18H,2-4,7,9-11,13H2,1H3,(H,23,27)/t15-/m0/s1. The number of amides is 1. The van der Waals surface area contributed by atoms with Crippen molar-refractivity contribution >= 4 is 17.7 Å². The molecule has 1 atom stereocenters. The fourth-order valence-electron chi connectivity index (χ4n) is 3.54. The molecule has 0 bridgehead atoms. The number of hydrogen-bond donors (Lipinski definition) is 1. The van der Waals surface area contributed by atoms with E-state index in [-0.39, 0.29) is 11.2 Å². The van der Waals surface area contributed by atoms with Gasteiger partial charge in [-0.1, -0.05) is 23.4 Å². The van der Waals surface area contributed by atoms with Gasteiger partial charge in [0.25, 0.3) is 0 Å². The maximum atomic E-state index is 12.5. The lowest BCUT2D eigenvalue weighted by Crippen LogP contribution is -2.32. The lowest BCUT2D eigenvalue weighted by molar-refractivity contribution is -0.120. The Hall–Kier alpha value is -2.15. The highest BCUT2D eigenvalue weighted by Gasteiger charge is 2.31. The summed E-state index contributed by atoms with van der Waals surface area (Å²) in [4.78, 5) is 16.7. The molecular formula is C21H27N5OS. The fraction of sp³-hybridized carbons (Fsp3) is 0.524. The van der Waals surface area contributed by atoms with Crippen LogP contribution in [0, 0.1) is 0 Å². The molecule has 0 aliphatic heterocycles. The summed E-state index contributed by atoms with van der Waals surface area (Å²) in [6.45, 7) is 2.65. The van der Waals surface area contributed by atoms with Gasteiger partial charge in [-0.15, -0.1) is 10.2 Å². The molecule has 4 rings (SSSR count). The van der Waals surface area contributed by atoms with E-state index in [4.69, 9.17) is 0 Å². The molecule has 2 heterocycles. The maximum Gasteiger partial charge on any atom is 0.233 e. The predicted octanol–water partition coefficient (Wildman–Crippen LogP) is 4.16. The molecule has 2 aliphatic rings. The molecule has 1 fully saturated rings. The minimum absolute atomic E-state index is 0.0645. The zero-order valence-electron chi connectivity index (χ0n) is 16.3. The molecule has 1 amide bonds. The first-order valence-corrected chi connectivity index (χ1v) is 11.1. The lowest BCUT2D eigenvalue weighted by atomic mass is 9.97. The maximum absolute atomic E-state index is 12.5. The number of hydrogen-bond acceptors (Lipinski definition) is 5. The Morgan fingerprint density at radius 2 is 2.25 bits per heavy atom. The van der Waals surface area contributed by atoms with Crippen molar-refractivity contribution in [2.45, 2.75) is 68.3 Å². The van der Waals surface area contributed by atoms with E-state index in [1.165, 1.54) is 43.0 Å². The largest absolute Gasteiger partial charge is 0.355 e. The molecule has 0 aromatic carbocycles. The first-order valence-electron chi connectivity index (χ1n) is 10.2. The van der Waals surface area contributed by atoms with Crippen molar-refractivity contribution in [3.8, 4) is 11.4 Å². The summed E-state index contributed by atoms with van der Waals surface area (Å²) in [5.74, 6) is 0.907. The molecular weight excluding hydrogens is 370 g/mol. The minimum Gasteiger partial charge on any atom is -0.355 e. The Morgan fingerprint density at radius 1 is 1.36 bits per heavy atom. The number of aromatic nitrogens is 4. The van der Waals surface area contributed by atoms with Crippen molar-refractivity contribution in [2.24, 2.45) is 0 Å². The van der Waals surface area contributed by atoms with Gasteiger partial charge in [-0.25, -0.2) is 0 Å². The number of pyridine rings is 1. The Balaban J connectivity index is 1.37. The van der Waals surface area contributed by atoms with Crippen molar-refractivity contribution < 1.29 is 4.79 Å². The van der Waals surface area contributed by atoms with Crippen LogP contribution in [-0.2, 0) is 4.79 Å². The quantitative estimate of drug-likeness (QED) is 0.535. The van der Waals surface area contributed by atoms with Crippen LogP contribution >= 0.6 is 11.8 Å². The highest BCUT2D eigenvalue weighted by atomic mass is 32.2. The van der Waals surface area contributed by atoms with Gasteiger partial charge in [0.1, 0.15) is 0 Å². The van der Waals surface area contributed by atoms with Crippen LogP contribution in [0.15, 0.2) is 41.3 Å². The Labute approximate surface area is 170 Å². The zero-order chi connectivity index (χ0) is 19.3. The van der Waals surface area contributed by atoms with Crippen molar-refractivity contribution in [2.75, 3.05) is 6.54 Å². The average Bonchev–Trinajstić information content (AvgIpc) is 3.49. The van der Waals surface area contributed by atoms with E-state index < -0.39 is 0 Å². The topological polar surface area (TPSA) is 72.7 Å². The van der Waals surface area contributed by atoms with Gasteiger partial charge in [0.15, 0.2) is 11.0 Å². The van der Waals surface area contributed by atoms with Gasteiger partial charge in [0.2, 0.25) is 5.91 Å². The third-order valence-corrected chi connectivity index (χ3v) is 6.33. The second-order valence-electron chi connectivity index (χ2n) is 7.56. The summed E-state index contributed by atoms with van der Waals surface area (Å²) in [7, 11) is 0. The minimum atomic E-state index is -0.205. The second kappa shape index (κ2) is 8.90. The van der Waals surface area contributed by atoms with E-state index in [1.807, 2.05) is 25.3 Å². The summed E-state index contributed by atoms with van der Waals surface area (Å²) in [6, 6.07) is 4.34. The summed E-state index contributed by atoms with van der Waals surface area (Å²) in [5.41, 5.74) is 2.45. The summed E-state index contributed by atoms with van der Waals surface area (Å²) in [5, 5.41) is 12.5. The number of nitrogens with one attached hydrogen (secondary N) is 1. The third-order valence-electron chi connectivity index (χ3n) is 5.28. The SMILES string of the molecule is C[C@H](Sc1nnc(-c2cccnc2)n1C1CC1)C(=O)NCCC1=CCCCC1. The van der Waals surface area contributed by atoms with Gasteiger partial charge < -0.3 is 5.32 Å². The number of nitrogens with zero attached hydrogens (tertiary/aromatic N) is 4. The van der Waals surface area contributed by atoms with E-state index >= 15 is 0 Å². The second-order valence-corrected chi connectivity index (χ2v) is 8.87. The number of rotatable bonds is 8. The van der Waals surface area contributed by atoms with Crippen molar-refractivity contribution in [1.29, 1.82) is 0 Å². The molecule has 28 heavy (non-hydrogen) atoms. The van der Waals surface area contributed by atoms with Gasteiger partial charge in [0.05, 0.1) is 5.25 Å². The molecule has 148 valence electrons. The van der Waals surface area contributed by atoms with Crippen LogP contribution in [0.5, 0.6) is 0 Å². The molecule has 2 aromatic heterocycles. The van der Waals surface area contributed by atoms with E-state index in [1.54, 1.807) is 6.20 Å². The Morgan fingerprint density at radius 3 is 2.96 bits per heavy atom. The van der Waals surface area contributed by atoms with Gasteiger partial charge in [-0.05, 0) is 64.0 Å². The van der Waals surface area contributed by atoms with Gasteiger partial charge >= 0.3 is 0 Å². The van der Waals surface area contributed by atoms with Crippen LogP contribution in [0.2, 0.25) is 0 Å². The van der Waals surface area contributed by atoms with Crippen molar-refractivity contribution in [1.82, 2.24) is 25.1 Å². The van der Waals surface area contributed by atoms with Crippen LogP contribution in [0.4, 0.5) is 0 Å². The van der Waals surface area contributed by atoms with E-state index in [0.717, 1.165) is 35.8 Å². The molecule has 7 heteroatoms. The number of carbonyl (C=O) groups is 1. The van der Waals surface area contributed by atoms with Gasteiger partial charge in [0, 0.05) is 30.5 Å². The smallest absolute Gasteiger partial charge is 0.233 e. The fourth-order valence-corrected chi connectivity index (χ4v) is 4.49. The number of carbonyl (C=O) groups excluding carboxylic acids is 1. The average molecular weight is 398 g/mol. The van der Waals surface area contributed by atoms with E-state index in [2.05, 4.69) is 31.1 Å². The molecule has 0 unspecified atom stereocenters. The third kappa shape index (κ3) is 4.63. The zero-order valence-corrected chi connectivity index (χ0v) is 17.1. The van der Waals surface area contributed by atoms with Crippen LogP contribution in [-0.4, -0.2) is 37.5 Å². The normalized spacial score (nSPS) is 17.8. The Bertz CT molecular complexity index is 844. The highest BCUT2D eigenvalue weighted by molar-refractivity contribution is 8.00. The number of thioether (sulfide) groups is 1. The first-order chi connectivity index (χ1) is 13.7. The van der Waals surface area contributed by atoms with Crippen molar-refractivity contribution in [3.63, 3.8) is 0 Å². The van der Waals surface area contributed by atoms with Crippen molar-refractivity contribution in [3.05, 3.63) is 36.2 Å². The molecule has 0 radical (unpaired) electrons. The number of allylic oxidation sites excluding steroid dienone is 1. The van der Waals surface area contributed by atoms with E-state index in [9.17, 15) is 4.79 Å².